The van der Waals surface area contributed by atoms with E-state index in [0.717, 1.165) is 34.5 Å². The molecule has 1 aromatic carbocycles. The number of halogens is 1. The Morgan fingerprint density at radius 1 is 1.24 bits per heavy atom. The lowest BCUT2D eigenvalue weighted by molar-refractivity contribution is -0.121. The number of hydrogen-bond acceptors (Lipinski definition) is 1. The van der Waals surface area contributed by atoms with Crippen LogP contribution in [0.25, 0.3) is 0 Å². The summed E-state index contributed by atoms with van der Waals surface area (Å²) in [6, 6.07) is 6.04. The number of anilines is 1. The van der Waals surface area contributed by atoms with Crippen molar-refractivity contribution in [1.82, 2.24) is 0 Å². The second-order valence-electron chi connectivity index (χ2n) is 6.37. The molecule has 1 aromatic rings. The highest BCUT2D eigenvalue weighted by Crippen LogP contribution is 2.32. The predicted octanol–water partition coefficient (Wildman–Crippen LogP) is 5.69. The van der Waals surface area contributed by atoms with Crippen molar-refractivity contribution in [3.05, 3.63) is 28.2 Å². The van der Waals surface area contributed by atoms with E-state index in [9.17, 15) is 4.79 Å². The van der Waals surface area contributed by atoms with Crippen LogP contribution in [0.2, 0.25) is 0 Å². The molecule has 2 nitrogen and oxygen atoms in total. The average molecular weight is 352 g/mol. The number of carbonyl (C=O) groups excluding carboxylic acids is 1. The van der Waals surface area contributed by atoms with Gasteiger partial charge in [0.25, 0.3) is 0 Å². The maximum Gasteiger partial charge on any atom is 0.227 e. The fourth-order valence-electron chi connectivity index (χ4n) is 3.26. The third kappa shape index (κ3) is 5.14. The minimum Gasteiger partial charge on any atom is -0.326 e. The van der Waals surface area contributed by atoms with E-state index in [-0.39, 0.29) is 11.8 Å². The summed E-state index contributed by atoms with van der Waals surface area (Å²) in [4.78, 5) is 12.4. The lowest BCUT2D eigenvalue weighted by Crippen LogP contribution is -2.27. The molecule has 3 heteroatoms. The first-order valence-electron chi connectivity index (χ1n) is 8.16. The zero-order valence-corrected chi connectivity index (χ0v) is 14.7. The van der Waals surface area contributed by atoms with Gasteiger partial charge in [0.05, 0.1) is 0 Å². The summed E-state index contributed by atoms with van der Waals surface area (Å²) >= 11 is 3.48. The van der Waals surface area contributed by atoms with Crippen molar-refractivity contribution in [2.75, 3.05) is 5.32 Å². The summed E-state index contributed by atoms with van der Waals surface area (Å²) in [6.07, 6.45) is 8.49. The maximum atomic E-state index is 12.4. The van der Waals surface area contributed by atoms with Gasteiger partial charge in [0.2, 0.25) is 5.91 Å². The van der Waals surface area contributed by atoms with Gasteiger partial charge < -0.3 is 5.32 Å². The highest BCUT2D eigenvalue weighted by atomic mass is 79.9. The SMILES string of the molecule is CCCCC1CCC(C(=O)Nc2cc(C)cc(Br)c2)CC1. The molecule has 0 saturated heterocycles. The molecular formula is C18H26BrNO. The number of aryl methyl sites for hydroxylation is 1. The Morgan fingerprint density at radius 2 is 1.95 bits per heavy atom. The Labute approximate surface area is 136 Å². The van der Waals surface area contributed by atoms with Crippen molar-refractivity contribution in [2.45, 2.75) is 58.8 Å². The van der Waals surface area contributed by atoms with Gasteiger partial charge in [0.15, 0.2) is 0 Å². The summed E-state index contributed by atoms with van der Waals surface area (Å²) in [5, 5.41) is 3.08. The minimum atomic E-state index is 0.196. The van der Waals surface area contributed by atoms with Gasteiger partial charge in [0.1, 0.15) is 0 Å². The van der Waals surface area contributed by atoms with Crippen LogP contribution >= 0.6 is 15.9 Å². The van der Waals surface area contributed by atoms with Crippen LogP contribution in [-0.2, 0) is 4.79 Å². The standard InChI is InChI=1S/C18H26BrNO/c1-3-4-5-14-6-8-15(9-7-14)18(21)20-17-11-13(2)10-16(19)12-17/h10-12,14-15H,3-9H2,1-2H3,(H,20,21). The molecule has 1 N–H and O–H groups in total. The van der Waals surface area contributed by atoms with Gasteiger partial charge in [-0.25, -0.2) is 0 Å². The first kappa shape index (κ1) is 16.5. The Morgan fingerprint density at radius 3 is 2.57 bits per heavy atom. The highest BCUT2D eigenvalue weighted by molar-refractivity contribution is 9.10. The second kappa shape index (κ2) is 7.98. The van der Waals surface area contributed by atoms with Gasteiger partial charge in [-0.05, 0) is 62.3 Å². The number of hydrogen-bond donors (Lipinski definition) is 1. The normalized spacial score (nSPS) is 22.0. The minimum absolute atomic E-state index is 0.196. The van der Waals surface area contributed by atoms with E-state index in [1.807, 2.05) is 19.1 Å². The Balaban J connectivity index is 1.84. The third-order valence-electron chi connectivity index (χ3n) is 4.49. The fourth-order valence-corrected chi connectivity index (χ4v) is 3.87. The summed E-state index contributed by atoms with van der Waals surface area (Å²) in [5.41, 5.74) is 2.06. The summed E-state index contributed by atoms with van der Waals surface area (Å²) in [7, 11) is 0. The van der Waals surface area contributed by atoms with E-state index in [0.29, 0.717) is 0 Å². The monoisotopic (exact) mass is 351 g/mol. The molecule has 0 heterocycles. The van der Waals surface area contributed by atoms with Crippen molar-refractivity contribution in [1.29, 1.82) is 0 Å². The van der Waals surface area contributed by atoms with E-state index in [1.165, 1.54) is 32.1 Å². The van der Waals surface area contributed by atoms with Crippen LogP contribution in [0, 0.1) is 18.8 Å². The number of benzene rings is 1. The van der Waals surface area contributed by atoms with Crippen molar-refractivity contribution in [3.63, 3.8) is 0 Å². The number of carbonyl (C=O) groups is 1. The topological polar surface area (TPSA) is 29.1 Å². The highest BCUT2D eigenvalue weighted by Gasteiger charge is 2.26. The van der Waals surface area contributed by atoms with Crippen LogP contribution in [-0.4, -0.2) is 5.91 Å². The van der Waals surface area contributed by atoms with Gasteiger partial charge in [-0.3, -0.25) is 4.79 Å². The van der Waals surface area contributed by atoms with Crippen molar-refractivity contribution in [3.8, 4) is 0 Å². The van der Waals surface area contributed by atoms with Gasteiger partial charge >= 0.3 is 0 Å². The van der Waals surface area contributed by atoms with Crippen LogP contribution in [0.1, 0.15) is 57.4 Å². The molecule has 0 aromatic heterocycles. The summed E-state index contributed by atoms with van der Waals surface area (Å²) < 4.78 is 1.01. The number of amides is 1. The summed E-state index contributed by atoms with van der Waals surface area (Å²) in [6.45, 7) is 4.29. The average Bonchev–Trinajstić information content (AvgIpc) is 2.44. The Kier molecular flexibility index (Phi) is 6.28. The van der Waals surface area contributed by atoms with Gasteiger partial charge in [-0.2, -0.15) is 0 Å². The van der Waals surface area contributed by atoms with Gasteiger partial charge in [0, 0.05) is 16.1 Å². The molecule has 1 aliphatic rings. The van der Waals surface area contributed by atoms with Crippen LogP contribution in [0.3, 0.4) is 0 Å². The third-order valence-corrected chi connectivity index (χ3v) is 4.95. The molecule has 1 aliphatic carbocycles. The van der Waals surface area contributed by atoms with Crippen LogP contribution in [0.5, 0.6) is 0 Å². The van der Waals surface area contributed by atoms with Gasteiger partial charge in [-0.15, -0.1) is 0 Å². The fraction of sp³-hybridized carbons (Fsp3) is 0.611. The largest absolute Gasteiger partial charge is 0.326 e. The first-order valence-corrected chi connectivity index (χ1v) is 8.96. The molecule has 0 aliphatic heterocycles. The number of unbranched alkanes of at least 4 members (excludes halogenated alkanes) is 1. The molecule has 21 heavy (non-hydrogen) atoms. The zero-order chi connectivity index (χ0) is 15.2. The maximum absolute atomic E-state index is 12.4. The second-order valence-corrected chi connectivity index (χ2v) is 7.28. The van der Waals surface area contributed by atoms with Crippen molar-refractivity contribution < 1.29 is 4.79 Å². The van der Waals surface area contributed by atoms with Crippen LogP contribution < -0.4 is 5.32 Å². The van der Waals surface area contributed by atoms with Gasteiger partial charge in [-0.1, -0.05) is 42.1 Å². The predicted molar refractivity (Wildman–Crippen MR) is 92.5 cm³/mol. The van der Waals surface area contributed by atoms with E-state index >= 15 is 0 Å². The first-order chi connectivity index (χ1) is 10.1. The molecule has 0 unspecified atom stereocenters. The van der Waals surface area contributed by atoms with Crippen molar-refractivity contribution >= 4 is 27.5 Å². The molecule has 1 saturated carbocycles. The van der Waals surface area contributed by atoms with E-state index in [1.54, 1.807) is 0 Å². The molecule has 1 amide bonds. The quantitative estimate of drug-likeness (QED) is 0.724. The lowest BCUT2D eigenvalue weighted by Gasteiger charge is -2.27. The smallest absolute Gasteiger partial charge is 0.227 e. The molecule has 2 rings (SSSR count). The Bertz CT molecular complexity index is 458. The molecular weight excluding hydrogens is 326 g/mol. The zero-order valence-electron chi connectivity index (χ0n) is 13.1. The number of nitrogens with one attached hydrogen (secondary N) is 1. The molecule has 0 radical (unpaired) electrons. The van der Waals surface area contributed by atoms with E-state index in [4.69, 9.17) is 0 Å². The molecule has 1 fully saturated rings. The number of rotatable bonds is 5. The lowest BCUT2D eigenvalue weighted by atomic mass is 9.79. The molecule has 116 valence electrons. The van der Waals surface area contributed by atoms with Crippen LogP contribution in [0.15, 0.2) is 22.7 Å². The molecule has 0 bridgehead atoms. The van der Waals surface area contributed by atoms with Crippen LogP contribution in [0.4, 0.5) is 5.69 Å². The summed E-state index contributed by atoms with van der Waals surface area (Å²) in [5.74, 6) is 1.24. The Hall–Kier alpha value is -0.830. The molecule has 0 atom stereocenters. The molecule has 0 spiro atoms. The van der Waals surface area contributed by atoms with E-state index in [2.05, 4.69) is 34.2 Å². The van der Waals surface area contributed by atoms with Crippen molar-refractivity contribution in [2.24, 2.45) is 11.8 Å². The van der Waals surface area contributed by atoms with E-state index < -0.39 is 0 Å².